The highest BCUT2D eigenvalue weighted by Gasteiger charge is 2.05. The highest BCUT2D eigenvalue weighted by Crippen LogP contribution is 2.21. The van der Waals surface area contributed by atoms with Crippen LogP contribution < -0.4 is 0 Å². The quantitative estimate of drug-likeness (QED) is 0.799. The lowest BCUT2D eigenvalue weighted by atomic mass is 10.1. The van der Waals surface area contributed by atoms with E-state index < -0.39 is 0 Å². The molecule has 0 aliphatic rings. The molecule has 1 rings (SSSR count). The Bertz CT molecular complexity index is 323. The zero-order chi connectivity index (χ0) is 9.84. The van der Waals surface area contributed by atoms with E-state index in [1.807, 2.05) is 6.07 Å². The largest absolute Gasteiger partial charge is 0.300 e. The molecule has 1 aromatic rings. The number of rotatable bonds is 3. The second-order valence-corrected chi connectivity index (χ2v) is 3.71. The van der Waals surface area contributed by atoms with E-state index in [2.05, 4.69) is 15.9 Å². The van der Waals surface area contributed by atoms with Crippen LogP contribution in [0.4, 0.5) is 4.39 Å². The first-order valence-corrected chi connectivity index (χ1v) is 4.83. The Kier molecular flexibility index (Phi) is 3.60. The molecule has 0 heterocycles. The standard InChI is InChI=1S/C10H10BrFO/c1-7(13)5-6-8-3-2-4-9(12)10(8)11/h2-4H,5-6H2,1H3. The minimum atomic E-state index is -0.277. The van der Waals surface area contributed by atoms with E-state index in [1.54, 1.807) is 6.07 Å². The molecule has 0 fully saturated rings. The van der Waals surface area contributed by atoms with Crippen LogP contribution in [0.5, 0.6) is 0 Å². The van der Waals surface area contributed by atoms with Crippen LogP contribution in [0, 0.1) is 5.82 Å². The van der Waals surface area contributed by atoms with Crippen LogP contribution in [-0.4, -0.2) is 5.78 Å². The highest BCUT2D eigenvalue weighted by molar-refractivity contribution is 9.10. The molecular formula is C10H10BrFO. The third-order valence-corrected chi connectivity index (χ3v) is 2.67. The van der Waals surface area contributed by atoms with Gasteiger partial charge >= 0.3 is 0 Å². The molecule has 0 unspecified atom stereocenters. The molecule has 0 aliphatic carbocycles. The van der Waals surface area contributed by atoms with Crippen molar-refractivity contribution in [1.82, 2.24) is 0 Å². The van der Waals surface area contributed by atoms with E-state index >= 15 is 0 Å². The van der Waals surface area contributed by atoms with Gasteiger partial charge in [-0.15, -0.1) is 0 Å². The maximum absolute atomic E-state index is 13.0. The van der Waals surface area contributed by atoms with Crippen LogP contribution in [-0.2, 0) is 11.2 Å². The molecule has 70 valence electrons. The van der Waals surface area contributed by atoms with Crippen molar-refractivity contribution >= 4 is 21.7 Å². The average Bonchev–Trinajstić information content (AvgIpc) is 2.07. The molecule has 0 bridgehead atoms. The lowest BCUT2D eigenvalue weighted by Gasteiger charge is -2.02. The van der Waals surface area contributed by atoms with Crippen LogP contribution >= 0.6 is 15.9 Å². The Labute approximate surface area is 85.1 Å². The normalized spacial score (nSPS) is 10.1. The van der Waals surface area contributed by atoms with Gasteiger partial charge in [-0.1, -0.05) is 12.1 Å². The highest BCUT2D eigenvalue weighted by atomic mass is 79.9. The van der Waals surface area contributed by atoms with Crippen molar-refractivity contribution in [3.05, 3.63) is 34.1 Å². The Morgan fingerprint density at radius 3 is 2.85 bits per heavy atom. The van der Waals surface area contributed by atoms with Crippen LogP contribution in [0.2, 0.25) is 0 Å². The predicted molar refractivity (Wildman–Crippen MR) is 53.1 cm³/mol. The molecule has 1 aromatic carbocycles. The molecule has 0 N–H and O–H groups in total. The number of benzene rings is 1. The molecule has 0 spiro atoms. The lowest BCUT2D eigenvalue weighted by molar-refractivity contribution is -0.116. The van der Waals surface area contributed by atoms with E-state index in [0.29, 0.717) is 17.3 Å². The van der Waals surface area contributed by atoms with E-state index in [4.69, 9.17) is 0 Å². The maximum atomic E-state index is 13.0. The minimum Gasteiger partial charge on any atom is -0.300 e. The van der Waals surface area contributed by atoms with E-state index in [0.717, 1.165) is 5.56 Å². The summed E-state index contributed by atoms with van der Waals surface area (Å²) in [5, 5.41) is 0. The van der Waals surface area contributed by atoms with E-state index in [9.17, 15) is 9.18 Å². The summed E-state index contributed by atoms with van der Waals surface area (Å²) in [6.07, 6.45) is 1.05. The topological polar surface area (TPSA) is 17.1 Å². The van der Waals surface area contributed by atoms with Gasteiger partial charge in [0.15, 0.2) is 0 Å². The zero-order valence-electron chi connectivity index (χ0n) is 7.31. The fraction of sp³-hybridized carbons (Fsp3) is 0.300. The molecule has 1 nitrogen and oxygen atoms in total. The van der Waals surface area contributed by atoms with E-state index in [-0.39, 0.29) is 11.6 Å². The number of ketones is 1. The second kappa shape index (κ2) is 4.51. The molecule has 0 amide bonds. The van der Waals surface area contributed by atoms with Gasteiger partial charge < -0.3 is 4.79 Å². The average molecular weight is 245 g/mol. The van der Waals surface area contributed by atoms with Crippen LogP contribution in [0.3, 0.4) is 0 Å². The molecule has 0 radical (unpaired) electrons. The summed E-state index contributed by atoms with van der Waals surface area (Å²) in [5.74, 6) is -0.155. The van der Waals surface area contributed by atoms with Gasteiger partial charge in [-0.3, -0.25) is 0 Å². The molecule has 0 saturated carbocycles. The number of hydrogen-bond donors (Lipinski definition) is 0. The van der Waals surface area contributed by atoms with Crippen molar-refractivity contribution in [3.63, 3.8) is 0 Å². The Morgan fingerprint density at radius 2 is 2.23 bits per heavy atom. The summed E-state index contributed by atoms with van der Waals surface area (Å²) in [5.41, 5.74) is 0.843. The molecule has 0 atom stereocenters. The minimum absolute atomic E-state index is 0.121. The summed E-state index contributed by atoms with van der Waals surface area (Å²) >= 11 is 3.14. The third kappa shape index (κ3) is 2.92. The smallest absolute Gasteiger partial charge is 0.137 e. The predicted octanol–water partition coefficient (Wildman–Crippen LogP) is 3.11. The summed E-state index contributed by atoms with van der Waals surface area (Å²) in [4.78, 5) is 10.7. The van der Waals surface area contributed by atoms with E-state index in [1.165, 1.54) is 13.0 Å². The van der Waals surface area contributed by atoms with Crippen LogP contribution in [0.15, 0.2) is 22.7 Å². The Balaban J connectivity index is 2.77. The number of carbonyl (C=O) groups excluding carboxylic acids is 1. The molecule has 0 aromatic heterocycles. The first kappa shape index (κ1) is 10.4. The SMILES string of the molecule is CC(=O)CCc1cccc(F)c1Br. The van der Waals surface area contributed by atoms with Gasteiger partial charge in [0.2, 0.25) is 0 Å². The van der Waals surface area contributed by atoms with Crippen molar-refractivity contribution in [2.24, 2.45) is 0 Å². The molecule has 0 saturated heterocycles. The van der Waals surface area contributed by atoms with Gasteiger partial charge in [0.25, 0.3) is 0 Å². The number of Topliss-reactive ketones (excluding diaryl/α,β-unsaturated/α-hetero) is 1. The van der Waals surface area contributed by atoms with Crippen molar-refractivity contribution < 1.29 is 9.18 Å². The monoisotopic (exact) mass is 244 g/mol. The molecule has 3 heteroatoms. The van der Waals surface area contributed by atoms with Crippen molar-refractivity contribution in [3.8, 4) is 0 Å². The van der Waals surface area contributed by atoms with Crippen molar-refractivity contribution in [2.75, 3.05) is 0 Å². The molecule has 0 aliphatic heterocycles. The summed E-state index contributed by atoms with van der Waals surface area (Å²) in [7, 11) is 0. The van der Waals surface area contributed by atoms with Gasteiger partial charge in [-0.25, -0.2) is 4.39 Å². The molecule has 13 heavy (non-hydrogen) atoms. The first-order valence-electron chi connectivity index (χ1n) is 4.03. The second-order valence-electron chi connectivity index (χ2n) is 2.91. The fourth-order valence-electron chi connectivity index (χ4n) is 1.05. The van der Waals surface area contributed by atoms with Gasteiger partial charge in [-0.05, 0) is 40.9 Å². The lowest BCUT2D eigenvalue weighted by Crippen LogP contribution is -1.95. The Morgan fingerprint density at radius 1 is 1.54 bits per heavy atom. The van der Waals surface area contributed by atoms with Gasteiger partial charge in [-0.2, -0.15) is 0 Å². The summed E-state index contributed by atoms with van der Waals surface area (Å²) < 4.78 is 13.4. The van der Waals surface area contributed by atoms with Gasteiger partial charge in [0.1, 0.15) is 11.6 Å². The number of halogens is 2. The number of carbonyl (C=O) groups is 1. The fourth-order valence-corrected chi connectivity index (χ4v) is 1.51. The summed E-state index contributed by atoms with van der Waals surface area (Å²) in [6.45, 7) is 1.53. The maximum Gasteiger partial charge on any atom is 0.137 e. The Hall–Kier alpha value is -0.700. The number of hydrogen-bond acceptors (Lipinski definition) is 1. The number of aryl methyl sites for hydroxylation is 1. The molecular weight excluding hydrogens is 235 g/mol. The van der Waals surface area contributed by atoms with Gasteiger partial charge in [0.05, 0.1) is 4.47 Å². The van der Waals surface area contributed by atoms with Crippen LogP contribution in [0.25, 0.3) is 0 Å². The summed E-state index contributed by atoms with van der Waals surface area (Å²) in [6, 6.07) is 4.85. The van der Waals surface area contributed by atoms with Crippen molar-refractivity contribution in [2.45, 2.75) is 19.8 Å². The van der Waals surface area contributed by atoms with Gasteiger partial charge in [0, 0.05) is 6.42 Å². The first-order chi connectivity index (χ1) is 6.11. The van der Waals surface area contributed by atoms with Crippen molar-refractivity contribution in [1.29, 1.82) is 0 Å². The van der Waals surface area contributed by atoms with Crippen LogP contribution in [0.1, 0.15) is 18.9 Å². The third-order valence-electron chi connectivity index (χ3n) is 1.78. The zero-order valence-corrected chi connectivity index (χ0v) is 8.90.